The zero-order chi connectivity index (χ0) is 31.8. The third-order valence-electron chi connectivity index (χ3n) is 5.74. The molecule has 43 heavy (non-hydrogen) atoms. The van der Waals surface area contributed by atoms with Crippen molar-refractivity contribution in [3.63, 3.8) is 0 Å². The lowest BCUT2D eigenvalue weighted by Crippen LogP contribution is -2.20. The van der Waals surface area contributed by atoms with Crippen molar-refractivity contribution in [3.05, 3.63) is 113 Å². The van der Waals surface area contributed by atoms with Crippen LogP contribution in [-0.4, -0.2) is 24.1 Å². The van der Waals surface area contributed by atoms with Crippen molar-refractivity contribution in [3.8, 4) is 17.6 Å². The zero-order valence-corrected chi connectivity index (χ0v) is 26.1. The molecule has 0 aliphatic heterocycles. The van der Waals surface area contributed by atoms with Crippen LogP contribution in [0.4, 0.5) is 11.6 Å². The smallest absolute Gasteiger partial charge is 0.300 e. The van der Waals surface area contributed by atoms with Gasteiger partial charge in [0.15, 0.2) is 11.2 Å². The van der Waals surface area contributed by atoms with E-state index in [2.05, 4.69) is 51.1 Å². The van der Waals surface area contributed by atoms with Gasteiger partial charge in [-0.2, -0.15) is 10.2 Å². The fourth-order valence-electron chi connectivity index (χ4n) is 3.84. The molecule has 0 amide bonds. The number of nitriles is 1. The molecule has 3 heterocycles. The van der Waals surface area contributed by atoms with Gasteiger partial charge in [-0.1, -0.05) is 63.6 Å². The van der Waals surface area contributed by atoms with Crippen LogP contribution < -0.4 is 15.6 Å². The highest BCUT2D eigenvalue weighted by Crippen LogP contribution is 2.25. The standard InChI is InChI=1S/C27H23N7O2.C3H6.2C2H6/c1-3-33-17-30-25-24(33)26(35)32-27(34(25)16-19-6-4-18(2)5-7-19)31-20-8-11-22(12-9-20)36-23-13-10-21(14-28)29-15-23;1-3-2;2*1-2/h4-13,15,17H,3,16H2,1-2H3,(H,31,32,35);3H,1H2,2H3;2*1-2H3. The van der Waals surface area contributed by atoms with E-state index in [0.29, 0.717) is 47.4 Å². The summed E-state index contributed by atoms with van der Waals surface area (Å²) in [5.74, 6) is 1.54. The fourth-order valence-corrected chi connectivity index (χ4v) is 3.84. The van der Waals surface area contributed by atoms with E-state index < -0.39 is 0 Å². The minimum Gasteiger partial charge on any atom is -0.456 e. The summed E-state index contributed by atoms with van der Waals surface area (Å²) >= 11 is 0. The SMILES string of the molecule is C=CC.CC.CC.CCn1cnc2c1c(=O)nc(Nc1ccc(Oc3ccc(C#N)nc3)cc1)n2Cc1ccc(C)cc1. The third-order valence-corrected chi connectivity index (χ3v) is 5.74. The Bertz CT molecular complexity index is 1660. The largest absolute Gasteiger partial charge is 0.456 e. The van der Waals surface area contributed by atoms with Crippen LogP contribution in [0.15, 0.2) is 90.6 Å². The van der Waals surface area contributed by atoms with Crippen molar-refractivity contribution in [2.75, 3.05) is 5.32 Å². The van der Waals surface area contributed by atoms with E-state index in [-0.39, 0.29) is 5.56 Å². The Kier molecular flexibility index (Phi) is 13.9. The van der Waals surface area contributed by atoms with Gasteiger partial charge in [0, 0.05) is 12.2 Å². The Balaban J connectivity index is 0.000000853. The number of aryl methyl sites for hydroxylation is 2. The van der Waals surface area contributed by atoms with Gasteiger partial charge < -0.3 is 14.6 Å². The van der Waals surface area contributed by atoms with E-state index in [0.717, 1.165) is 11.3 Å². The van der Waals surface area contributed by atoms with Crippen molar-refractivity contribution in [1.82, 2.24) is 24.1 Å². The Morgan fingerprint density at radius 3 is 2.16 bits per heavy atom. The van der Waals surface area contributed by atoms with Crippen LogP contribution >= 0.6 is 0 Å². The van der Waals surface area contributed by atoms with Gasteiger partial charge in [0.1, 0.15) is 23.3 Å². The van der Waals surface area contributed by atoms with E-state index in [1.54, 1.807) is 36.7 Å². The first-order valence-corrected chi connectivity index (χ1v) is 14.4. The summed E-state index contributed by atoms with van der Waals surface area (Å²) in [7, 11) is 0. The van der Waals surface area contributed by atoms with Crippen LogP contribution in [0.25, 0.3) is 11.2 Å². The average Bonchev–Trinajstić information content (AvgIpc) is 3.49. The summed E-state index contributed by atoms with van der Waals surface area (Å²) in [6.45, 7) is 18.4. The summed E-state index contributed by atoms with van der Waals surface area (Å²) in [6, 6.07) is 20.8. The number of fused-ring (bicyclic) bond motifs is 1. The normalized spacial score (nSPS) is 9.63. The van der Waals surface area contributed by atoms with Crippen LogP contribution in [0.2, 0.25) is 0 Å². The molecule has 3 aromatic heterocycles. The minimum absolute atomic E-state index is 0.326. The number of nitrogens with zero attached hydrogens (tertiary/aromatic N) is 6. The predicted molar refractivity (Wildman–Crippen MR) is 175 cm³/mol. The Morgan fingerprint density at radius 1 is 0.977 bits per heavy atom. The van der Waals surface area contributed by atoms with Crippen LogP contribution in [0.3, 0.4) is 0 Å². The van der Waals surface area contributed by atoms with Gasteiger partial charge in [0.2, 0.25) is 5.95 Å². The average molecular weight is 580 g/mol. The summed E-state index contributed by atoms with van der Waals surface area (Å²) in [6.07, 6.45) is 4.93. The number of nitrogens with one attached hydrogen (secondary N) is 1. The molecule has 5 aromatic rings. The third kappa shape index (κ3) is 9.13. The highest BCUT2D eigenvalue weighted by atomic mass is 16.5. The van der Waals surface area contributed by atoms with Gasteiger partial charge in [-0.05, 0) is 62.7 Å². The topological polar surface area (TPSA) is 111 Å². The molecule has 0 unspecified atom stereocenters. The highest BCUT2D eigenvalue weighted by Gasteiger charge is 2.16. The van der Waals surface area contributed by atoms with Crippen molar-refractivity contribution in [2.45, 2.75) is 61.6 Å². The second kappa shape index (κ2) is 17.6. The molecule has 0 saturated heterocycles. The van der Waals surface area contributed by atoms with Crippen molar-refractivity contribution >= 4 is 22.8 Å². The number of ether oxygens (including phenoxy) is 1. The van der Waals surface area contributed by atoms with E-state index in [9.17, 15) is 4.79 Å². The molecule has 2 aromatic carbocycles. The van der Waals surface area contributed by atoms with Gasteiger partial charge >= 0.3 is 5.56 Å². The molecule has 0 bridgehead atoms. The van der Waals surface area contributed by atoms with Crippen molar-refractivity contribution in [2.24, 2.45) is 0 Å². The number of anilines is 2. The number of benzene rings is 2. The predicted octanol–water partition coefficient (Wildman–Crippen LogP) is 8.02. The van der Waals surface area contributed by atoms with Gasteiger partial charge in [0.05, 0.1) is 19.1 Å². The maximum atomic E-state index is 12.9. The lowest BCUT2D eigenvalue weighted by atomic mass is 10.1. The van der Waals surface area contributed by atoms with Crippen LogP contribution in [0.1, 0.15) is 58.4 Å². The molecule has 0 spiro atoms. The quantitative estimate of drug-likeness (QED) is 0.194. The number of imidazole rings is 1. The molecule has 0 fully saturated rings. The van der Waals surface area contributed by atoms with E-state index >= 15 is 0 Å². The number of pyridine rings is 1. The van der Waals surface area contributed by atoms with Crippen LogP contribution in [-0.2, 0) is 13.1 Å². The number of aromatic nitrogens is 5. The van der Waals surface area contributed by atoms with Gasteiger partial charge in [-0.25, -0.2) is 9.97 Å². The summed E-state index contributed by atoms with van der Waals surface area (Å²) in [5.41, 5.74) is 4.03. The second-order valence-electron chi connectivity index (χ2n) is 8.67. The molecular weight excluding hydrogens is 538 g/mol. The van der Waals surface area contributed by atoms with E-state index in [4.69, 9.17) is 10.00 Å². The first kappa shape index (κ1) is 34.0. The summed E-state index contributed by atoms with van der Waals surface area (Å²) in [5, 5.41) is 12.1. The molecule has 9 heteroatoms. The summed E-state index contributed by atoms with van der Waals surface area (Å²) < 4.78 is 9.53. The Labute approximate surface area is 254 Å². The molecule has 0 saturated carbocycles. The zero-order valence-electron chi connectivity index (χ0n) is 26.1. The number of allylic oxidation sites excluding steroid dienone is 1. The van der Waals surface area contributed by atoms with Crippen molar-refractivity contribution in [1.29, 1.82) is 5.26 Å². The molecule has 0 aliphatic carbocycles. The highest BCUT2D eigenvalue weighted by molar-refractivity contribution is 5.73. The number of rotatable bonds is 7. The molecule has 224 valence electrons. The van der Waals surface area contributed by atoms with Crippen molar-refractivity contribution < 1.29 is 4.74 Å². The molecule has 9 nitrogen and oxygen atoms in total. The molecule has 0 aliphatic rings. The van der Waals surface area contributed by atoms with Crippen LogP contribution in [0, 0.1) is 18.3 Å². The molecular formula is C34H41N7O2. The first-order chi connectivity index (χ1) is 20.9. The van der Waals surface area contributed by atoms with E-state index in [1.807, 2.05) is 75.8 Å². The number of hydrogen-bond acceptors (Lipinski definition) is 7. The lowest BCUT2D eigenvalue weighted by Gasteiger charge is -2.16. The molecule has 5 rings (SSSR count). The summed E-state index contributed by atoms with van der Waals surface area (Å²) in [4.78, 5) is 25.8. The maximum absolute atomic E-state index is 12.9. The fraction of sp³-hybridized carbons (Fsp3) is 0.265. The molecule has 1 N–H and O–H groups in total. The Morgan fingerprint density at radius 2 is 1.60 bits per heavy atom. The maximum Gasteiger partial charge on any atom is 0.300 e. The minimum atomic E-state index is -0.333. The van der Waals surface area contributed by atoms with Gasteiger partial charge in [0.25, 0.3) is 0 Å². The lowest BCUT2D eigenvalue weighted by molar-refractivity contribution is 0.480. The van der Waals surface area contributed by atoms with Crippen LogP contribution in [0.5, 0.6) is 11.5 Å². The van der Waals surface area contributed by atoms with Gasteiger partial charge in [-0.15, -0.1) is 6.58 Å². The van der Waals surface area contributed by atoms with Gasteiger partial charge in [-0.3, -0.25) is 9.36 Å². The first-order valence-electron chi connectivity index (χ1n) is 14.4. The van der Waals surface area contributed by atoms with E-state index in [1.165, 1.54) is 11.8 Å². The second-order valence-corrected chi connectivity index (χ2v) is 8.67. The monoisotopic (exact) mass is 579 g/mol. The molecule has 0 atom stereocenters. The number of hydrogen-bond donors (Lipinski definition) is 1. The Hall–Kier alpha value is -5.23. The molecule has 0 radical (unpaired) electrons.